The summed E-state index contributed by atoms with van der Waals surface area (Å²) in [6.07, 6.45) is 0. The second kappa shape index (κ2) is 3.51. The molecule has 0 saturated heterocycles. The molecule has 0 aliphatic carbocycles. The number of nitrogen functional groups attached to an aromatic ring is 1. The third kappa shape index (κ3) is 1.92. The summed E-state index contributed by atoms with van der Waals surface area (Å²) in [5.74, 6) is 2.02. The highest BCUT2D eigenvalue weighted by atomic mass is 35.5. The summed E-state index contributed by atoms with van der Waals surface area (Å²) in [6.45, 7) is 3.66. The van der Waals surface area contributed by atoms with Gasteiger partial charge in [0, 0.05) is 11.8 Å². The van der Waals surface area contributed by atoms with Gasteiger partial charge in [0.2, 0.25) is 0 Å². The van der Waals surface area contributed by atoms with Gasteiger partial charge in [-0.2, -0.15) is 4.68 Å². The molecule has 0 radical (unpaired) electrons. The van der Waals surface area contributed by atoms with Gasteiger partial charge in [-0.3, -0.25) is 0 Å². The Bertz CT molecular complexity index is 485. The van der Waals surface area contributed by atoms with Gasteiger partial charge in [0.05, 0.1) is 0 Å². The zero-order valence-electron chi connectivity index (χ0n) is 8.40. The van der Waals surface area contributed by atoms with Crippen molar-refractivity contribution in [1.82, 2.24) is 19.7 Å². The fraction of sp³-hybridized carbons (Fsp3) is 0.222. The second-order valence-electron chi connectivity index (χ2n) is 3.20. The Balaban J connectivity index is 2.58. The Morgan fingerprint density at radius 1 is 1.27 bits per heavy atom. The van der Waals surface area contributed by atoms with Crippen molar-refractivity contribution >= 4 is 17.3 Å². The van der Waals surface area contributed by atoms with Gasteiger partial charge in [0.15, 0.2) is 5.82 Å². The van der Waals surface area contributed by atoms with Crippen LogP contribution in [0.2, 0.25) is 5.15 Å². The van der Waals surface area contributed by atoms with Crippen molar-refractivity contribution in [1.29, 1.82) is 0 Å². The largest absolute Gasteiger partial charge is 0.399 e. The van der Waals surface area contributed by atoms with Crippen LogP contribution in [-0.2, 0) is 0 Å². The van der Waals surface area contributed by atoms with Crippen molar-refractivity contribution in [2.45, 2.75) is 13.8 Å². The van der Waals surface area contributed by atoms with E-state index in [4.69, 9.17) is 17.3 Å². The minimum atomic E-state index is 0.345. The predicted molar refractivity (Wildman–Crippen MR) is 58.1 cm³/mol. The molecular weight excluding hydrogens is 214 g/mol. The van der Waals surface area contributed by atoms with Crippen LogP contribution in [0.3, 0.4) is 0 Å². The number of aromatic nitrogens is 4. The number of aryl methyl sites for hydroxylation is 2. The molecule has 0 saturated carbocycles. The average molecular weight is 224 g/mol. The molecule has 2 N–H and O–H groups in total. The highest BCUT2D eigenvalue weighted by Crippen LogP contribution is 2.15. The molecule has 6 heteroatoms. The molecule has 2 rings (SSSR count). The van der Waals surface area contributed by atoms with Gasteiger partial charge < -0.3 is 5.73 Å². The van der Waals surface area contributed by atoms with Crippen LogP contribution in [0.25, 0.3) is 5.82 Å². The molecule has 0 aromatic carbocycles. The third-order valence-corrected chi connectivity index (χ3v) is 2.09. The van der Waals surface area contributed by atoms with Crippen LogP contribution in [-0.4, -0.2) is 19.7 Å². The molecule has 0 unspecified atom stereocenters. The maximum absolute atomic E-state index is 5.81. The first-order chi connectivity index (χ1) is 7.06. The minimum Gasteiger partial charge on any atom is -0.399 e. The number of rotatable bonds is 1. The SMILES string of the molecule is Cc1nc(C)n(-c2cc(N)cc(Cl)n2)n1. The first-order valence-corrected chi connectivity index (χ1v) is 4.78. The van der Waals surface area contributed by atoms with Gasteiger partial charge in [-0.25, -0.2) is 9.97 Å². The van der Waals surface area contributed by atoms with E-state index >= 15 is 0 Å². The number of hydrogen-bond acceptors (Lipinski definition) is 4. The first-order valence-electron chi connectivity index (χ1n) is 4.40. The second-order valence-corrected chi connectivity index (χ2v) is 3.59. The number of nitrogens with two attached hydrogens (primary N) is 1. The van der Waals surface area contributed by atoms with Gasteiger partial charge in [0.1, 0.15) is 16.8 Å². The van der Waals surface area contributed by atoms with Crippen LogP contribution in [0.4, 0.5) is 5.69 Å². The monoisotopic (exact) mass is 223 g/mol. The van der Waals surface area contributed by atoms with Gasteiger partial charge in [-0.05, 0) is 19.9 Å². The lowest BCUT2D eigenvalue weighted by Crippen LogP contribution is -2.03. The zero-order chi connectivity index (χ0) is 11.0. The van der Waals surface area contributed by atoms with E-state index in [2.05, 4.69) is 15.1 Å². The molecule has 0 atom stereocenters. The highest BCUT2D eigenvalue weighted by Gasteiger charge is 2.07. The van der Waals surface area contributed by atoms with Crippen LogP contribution in [0, 0.1) is 13.8 Å². The summed E-state index contributed by atoms with van der Waals surface area (Å²) < 4.78 is 1.61. The van der Waals surface area contributed by atoms with Crippen molar-refractivity contribution in [2.24, 2.45) is 0 Å². The molecule has 2 aromatic heterocycles. The topological polar surface area (TPSA) is 69.6 Å². The van der Waals surface area contributed by atoms with E-state index in [-0.39, 0.29) is 0 Å². The highest BCUT2D eigenvalue weighted by molar-refractivity contribution is 6.29. The average Bonchev–Trinajstić information content (AvgIpc) is 2.43. The van der Waals surface area contributed by atoms with Crippen molar-refractivity contribution < 1.29 is 0 Å². The van der Waals surface area contributed by atoms with Gasteiger partial charge >= 0.3 is 0 Å². The maximum atomic E-state index is 5.81. The van der Waals surface area contributed by atoms with Gasteiger partial charge in [-0.1, -0.05) is 11.6 Å². The lowest BCUT2D eigenvalue weighted by molar-refractivity contribution is 0.804. The Hall–Kier alpha value is -1.62. The third-order valence-electron chi connectivity index (χ3n) is 1.89. The summed E-state index contributed by atoms with van der Waals surface area (Å²) in [5, 5.41) is 4.54. The number of hydrogen-bond donors (Lipinski definition) is 1. The summed E-state index contributed by atoms with van der Waals surface area (Å²) in [6, 6.07) is 3.29. The lowest BCUT2D eigenvalue weighted by Gasteiger charge is -2.03. The van der Waals surface area contributed by atoms with Crippen molar-refractivity contribution in [2.75, 3.05) is 5.73 Å². The quantitative estimate of drug-likeness (QED) is 0.745. The molecule has 0 bridgehead atoms. The molecular formula is C9H10ClN5. The number of anilines is 1. The van der Waals surface area contributed by atoms with Crippen LogP contribution in [0.5, 0.6) is 0 Å². The molecule has 0 aliphatic heterocycles. The molecule has 2 heterocycles. The fourth-order valence-electron chi connectivity index (χ4n) is 1.35. The molecule has 78 valence electrons. The van der Waals surface area contributed by atoms with Crippen LogP contribution in [0.1, 0.15) is 11.6 Å². The van der Waals surface area contributed by atoms with Crippen molar-refractivity contribution in [3.63, 3.8) is 0 Å². The van der Waals surface area contributed by atoms with Crippen molar-refractivity contribution in [3.05, 3.63) is 28.9 Å². The first kappa shape index (κ1) is 9.92. The Kier molecular flexibility index (Phi) is 2.32. The minimum absolute atomic E-state index is 0.345. The summed E-state index contributed by atoms with van der Waals surface area (Å²) in [4.78, 5) is 8.30. The van der Waals surface area contributed by atoms with Gasteiger partial charge in [-0.15, -0.1) is 5.10 Å². The molecule has 0 spiro atoms. The van der Waals surface area contributed by atoms with E-state index in [9.17, 15) is 0 Å². The Morgan fingerprint density at radius 3 is 2.53 bits per heavy atom. The fourth-order valence-corrected chi connectivity index (χ4v) is 1.56. The number of nitrogens with zero attached hydrogens (tertiary/aromatic N) is 4. The molecule has 15 heavy (non-hydrogen) atoms. The molecule has 2 aromatic rings. The molecule has 0 amide bonds. The Morgan fingerprint density at radius 2 is 2.00 bits per heavy atom. The summed E-state index contributed by atoms with van der Waals surface area (Å²) in [5.41, 5.74) is 6.22. The van der Waals surface area contributed by atoms with Crippen LogP contribution in [0.15, 0.2) is 12.1 Å². The van der Waals surface area contributed by atoms with E-state index < -0.39 is 0 Å². The van der Waals surface area contributed by atoms with E-state index in [0.29, 0.717) is 22.5 Å². The van der Waals surface area contributed by atoms with E-state index in [0.717, 1.165) is 5.82 Å². The normalized spacial score (nSPS) is 10.6. The van der Waals surface area contributed by atoms with Crippen LogP contribution < -0.4 is 5.73 Å². The summed E-state index contributed by atoms with van der Waals surface area (Å²) in [7, 11) is 0. The van der Waals surface area contributed by atoms with E-state index in [1.54, 1.807) is 16.8 Å². The van der Waals surface area contributed by atoms with Crippen molar-refractivity contribution in [3.8, 4) is 5.82 Å². The number of pyridine rings is 1. The maximum Gasteiger partial charge on any atom is 0.159 e. The lowest BCUT2D eigenvalue weighted by atomic mass is 10.4. The smallest absolute Gasteiger partial charge is 0.159 e. The number of halogens is 1. The summed E-state index contributed by atoms with van der Waals surface area (Å²) >= 11 is 5.81. The zero-order valence-corrected chi connectivity index (χ0v) is 9.15. The standard InChI is InChI=1S/C9H10ClN5/c1-5-12-6(2)15(14-5)9-4-7(11)3-8(10)13-9/h3-4H,1-2H3,(H2,11,13). The van der Waals surface area contributed by atoms with E-state index in [1.165, 1.54) is 0 Å². The van der Waals surface area contributed by atoms with E-state index in [1.807, 2.05) is 13.8 Å². The van der Waals surface area contributed by atoms with Crippen LogP contribution >= 0.6 is 11.6 Å². The van der Waals surface area contributed by atoms with Gasteiger partial charge in [0.25, 0.3) is 0 Å². The molecule has 0 fully saturated rings. The predicted octanol–water partition coefficient (Wildman–Crippen LogP) is 1.51. The molecule has 5 nitrogen and oxygen atoms in total. The Labute approximate surface area is 91.9 Å². The molecule has 0 aliphatic rings.